The summed E-state index contributed by atoms with van der Waals surface area (Å²) < 4.78 is 2.30. The Kier molecular flexibility index (Phi) is 8.57. The van der Waals surface area contributed by atoms with Crippen LogP contribution < -0.4 is 10.6 Å². The van der Waals surface area contributed by atoms with Crippen LogP contribution in [0.4, 0.5) is 5.69 Å². The van der Waals surface area contributed by atoms with Crippen LogP contribution in [-0.2, 0) is 13.0 Å². The highest BCUT2D eigenvalue weighted by atomic mass is 32.1. The molecule has 0 radical (unpaired) electrons. The number of fused-ring (bicyclic) bond motifs is 1. The van der Waals surface area contributed by atoms with Gasteiger partial charge in [-0.05, 0) is 72.4 Å². The van der Waals surface area contributed by atoms with Gasteiger partial charge in [0.15, 0.2) is 5.11 Å². The standard InChI is InChI=1S/C32H36N4O2S/c1-2-3-13-30-35-28-19-18-25(34-32(39)33-24-9-5-4-6-10-24)20-29(28)36(30)21-22-14-16-23(17-15-22)26-11-7-8-12-27(26)31(37)38/h7-8,11-12,14-20,24H,2-6,9-10,13,21H2,1H3,(H,37,38)(H2,33,34,39). The summed E-state index contributed by atoms with van der Waals surface area (Å²) in [6.07, 6.45) is 9.29. The van der Waals surface area contributed by atoms with Crippen LogP contribution in [0.1, 0.15) is 73.6 Å². The maximum atomic E-state index is 11.7. The molecule has 39 heavy (non-hydrogen) atoms. The molecule has 1 saturated carbocycles. The topological polar surface area (TPSA) is 79.2 Å². The molecule has 7 heteroatoms. The third-order valence-corrected chi connectivity index (χ3v) is 7.76. The van der Waals surface area contributed by atoms with Gasteiger partial charge in [0, 0.05) is 24.7 Å². The number of carbonyl (C=O) groups is 1. The molecule has 6 nitrogen and oxygen atoms in total. The second-order valence-electron chi connectivity index (χ2n) is 10.4. The number of thiocarbonyl (C=S) groups is 1. The summed E-state index contributed by atoms with van der Waals surface area (Å²) in [5.41, 5.74) is 6.07. The van der Waals surface area contributed by atoms with Gasteiger partial charge in [-0.3, -0.25) is 0 Å². The number of aryl methyl sites for hydroxylation is 1. The van der Waals surface area contributed by atoms with E-state index in [2.05, 4.69) is 46.4 Å². The lowest BCUT2D eigenvalue weighted by Crippen LogP contribution is -2.38. The number of nitrogens with zero attached hydrogens (tertiary/aromatic N) is 2. The summed E-state index contributed by atoms with van der Waals surface area (Å²) >= 11 is 5.64. The normalized spacial score (nSPS) is 13.9. The van der Waals surface area contributed by atoms with E-state index in [0.717, 1.165) is 58.5 Å². The average Bonchev–Trinajstić information content (AvgIpc) is 3.29. The molecule has 3 N–H and O–H groups in total. The van der Waals surface area contributed by atoms with Crippen LogP contribution in [0.3, 0.4) is 0 Å². The summed E-state index contributed by atoms with van der Waals surface area (Å²) in [7, 11) is 0. The third-order valence-electron chi connectivity index (χ3n) is 7.54. The van der Waals surface area contributed by atoms with Gasteiger partial charge in [0.2, 0.25) is 0 Å². The molecule has 202 valence electrons. The highest BCUT2D eigenvalue weighted by Gasteiger charge is 2.16. The van der Waals surface area contributed by atoms with E-state index in [4.69, 9.17) is 17.2 Å². The van der Waals surface area contributed by atoms with Gasteiger partial charge in [0.25, 0.3) is 0 Å². The molecule has 0 amide bonds. The van der Waals surface area contributed by atoms with Crippen LogP contribution in [0, 0.1) is 0 Å². The zero-order valence-electron chi connectivity index (χ0n) is 22.5. The van der Waals surface area contributed by atoms with Crippen molar-refractivity contribution in [3.63, 3.8) is 0 Å². The Morgan fingerprint density at radius 3 is 2.56 bits per heavy atom. The Morgan fingerprint density at radius 2 is 1.82 bits per heavy atom. The maximum Gasteiger partial charge on any atom is 0.336 e. The predicted octanol–water partition coefficient (Wildman–Crippen LogP) is 7.41. The zero-order valence-corrected chi connectivity index (χ0v) is 23.3. The van der Waals surface area contributed by atoms with Crippen molar-refractivity contribution in [2.24, 2.45) is 0 Å². The number of aromatic nitrogens is 2. The third kappa shape index (κ3) is 6.48. The highest BCUT2D eigenvalue weighted by Crippen LogP contribution is 2.27. The molecular weight excluding hydrogens is 504 g/mol. The smallest absolute Gasteiger partial charge is 0.336 e. The molecular formula is C32H36N4O2S. The van der Waals surface area contributed by atoms with Crippen molar-refractivity contribution in [1.29, 1.82) is 0 Å². The number of rotatable bonds is 9. The van der Waals surface area contributed by atoms with Crippen molar-refractivity contribution in [1.82, 2.24) is 14.9 Å². The first kappa shape index (κ1) is 26.9. The number of aromatic carboxylic acids is 1. The molecule has 0 saturated heterocycles. The Labute approximate surface area is 235 Å². The maximum absolute atomic E-state index is 11.7. The fourth-order valence-electron chi connectivity index (χ4n) is 5.45. The Hall–Kier alpha value is -3.71. The molecule has 5 rings (SSSR count). The van der Waals surface area contributed by atoms with Crippen molar-refractivity contribution in [3.05, 3.63) is 83.7 Å². The molecule has 1 aliphatic rings. The predicted molar refractivity (Wildman–Crippen MR) is 163 cm³/mol. The number of carboxylic acid groups (broad SMARTS) is 1. The van der Waals surface area contributed by atoms with Gasteiger partial charge < -0.3 is 20.3 Å². The highest BCUT2D eigenvalue weighted by molar-refractivity contribution is 7.80. The van der Waals surface area contributed by atoms with Crippen LogP contribution in [0.2, 0.25) is 0 Å². The molecule has 1 aromatic heterocycles. The lowest BCUT2D eigenvalue weighted by Gasteiger charge is -2.24. The minimum absolute atomic E-state index is 0.309. The van der Waals surface area contributed by atoms with Crippen molar-refractivity contribution in [3.8, 4) is 11.1 Å². The van der Waals surface area contributed by atoms with Gasteiger partial charge in [-0.1, -0.05) is 75.1 Å². The number of imidazole rings is 1. The first-order valence-corrected chi connectivity index (χ1v) is 14.4. The number of unbranched alkanes of at least 4 members (excludes halogenated alkanes) is 1. The van der Waals surface area contributed by atoms with Gasteiger partial charge in [-0.15, -0.1) is 0 Å². The van der Waals surface area contributed by atoms with Crippen LogP contribution in [0.15, 0.2) is 66.7 Å². The molecule has 1 heterocycles. The van der Waals surface area contributed by atoms with Gasteiger partial charge in [-0.25, -0.2) is 9.78 Å². The number of hydrogen-bond donors (Lipinski definition) is 3. The van der Waals surface area contributed by atoms with Crippen LogP contribution >= 0.6 is 12.2 Å². The fraction of sp³-hybridized carbons (Fsp3) is 0.344. The van der Waals surface area contributed by atoms with Crippen LogP contribution in [0.5, 0.6) is 0 Å². The minimum atomic E-state index is -0.919. The molecule has 3 aromatic carbocycles. The molecule has 0 atom stereocenters. The SMILES string of the molecule is CCCCc1nc2ccc(NC(=S)NC3CCCCC3)cc2n1Cc1ccc(-c2ccccc2C(=O)O)cc1. The largest absolute Gasteiger partial charge is 0.478 e. The van der Waals surface area contributed by atoms with E-state index >= 15 is 0 Å². The van der Waals surface area contributed by atoms with Crippen molar-refractivity contribution in [2.45, 2.75) is 70.9 Å². The summed E-state index contributed by atoms with van der Waals surface area (Å²) in [5, 5.41) is 17.2. The minimum Gasteiger partial charge on any atom is -0.478 e. The molecule has 1 aliphatic carbocycles. The summed E-state index contributed by atoms with van der Waals surface area (Å²) in [6.45, 7) is 2.88. The van der Waals surface area contributed by atoms with E-state index in [-0.39, 0.29) is 0 Å². The Morgan fingerprint density at radius 1 is 1.05 bits per heavy atom. The van der Waals surface area contributed by atoms with E-state index in [0.29, 0.717) is 23.3 Å². The number of hydrogen-bond acceptors (Lipinski definition) is 3. The van der Waals surface area contributed by atoms with E-state index in [1.54, 1.807) is 12.1 Å². The van der Waals surface area contributed by atoms with E-state index < -0.39 is 5.97 Å². The van der Waals surface area contributed by atoms with Gasteiger partial charge in [0.1, 0.15) is 5.82 Å². The van der Waals surface area contributed by atoms with Crippen molar-refractivity contribution in [2.75, 3.05) is 5.32 Å². The number of anilines is 1. The molecule has 4 aromatic rings. The van der Waals surface area contributed by atoms with Gasteiger partial charge >= 0.3 is 5.97 Å². The molecule has 0 aliphatic heterocycles. The zero-order chi connectivity index (χ0) is 27.2. The fourth-order valence-corrected chi connectivity index (χ4v) is 5.73. The first-order valence-electron chi connectivity index (χ1n) is 14.0. The quantitative estimate of drug-likeness (QED) is 0.192. The van der Waals surface area contributed by atoms with E-state index in [1.165, 1.54) is 32.1 Å². The van der Waals surface area contributed by atoms with Crippen LogP contribution in [0.25, 0.3) is 22.2 Å². The van der Waals surface area contributed by atoms with Crippen LogP contribution in [-0.4, -0.2) is 31.8 Å². The number of benzene rings is 3. The van der Waals surface area contributed by atoms with Gasteiger partial charge in [0.05, 0.1) is 16.6 Å². The second-order valence-corrected chi connectivity index (χ2v) is 10.8. The summed E-state index contributed by atoms with van der Waals surface area (Å²) in [4.78, 5) is 16.7. The molecule has 0 bridgehead atoms. The van der Waals surface area contributed by atoms with Gasteiger partial charge in [-0.2, -0.15) is 0 Å². The Bertz CT molecular complexity index is 1460. The summed E-state index contributed by atoms with van der Waals surface area (Å²) in [5.74, 6) is 0.158. The summed E-state index contributed by atoms with van der Waals surface area (Å²) in [6, 6.07) is 22.0. The van der Waals surface area contributed by atoms with E-state index in [9.17, 15) is 9.90 Å². The number of nitrogens with one attached hydrogen (secondary N) is 2. The molecule has 0 spiro atoms. The molecule has 0 unspecified atom stereocenters. The number of carboxylic acids is 1. The Balaban J connectivity index is 1.39. The van der Waals surface area contributed by atoms with Crippen molar-refractivity contribution >= 4 is 40.0 Å². The second kappa shape index (κ2) is 12.4. The van der Waals surface area contributed by atoms with E-state index in [1.807, 2.05) is 30.3 Å². The van der Waals surface area contributed by atoms with Crippen molar-refractivity contribution < 1.29 is 9.90 Å². The molecule has 1 fully saturated rings. The average molecular weight is 541 g/mol. The lowest BCUT2D eigenvalue weighted by molar-refractivity contribution is 0.0697. The first-order chi connectivity index (χ1) is 19.0. The monoisotopic (exact) mass is 540 g/mol. The lowest BCUT2D eigenvalue weighted by atomic mass is 9.96.